The van der Waals surface area contributed by atoms with Crippen LogP contribution in [0.15, 0.2) is 36.5 Å². The van der Waals surface area contributed by atoms with Gasteiger partial charge in [-0.25, -0.2) is 18.5 Å². The topological polar surface area (TPSA) is 62.7 Å². The van der Waals surface area contributed by atoms with E-state index in [1.165, 1.54) is 4.90 Å². The van der Waals surface area contributed by atoms with Gasteiger partial charge < -0.3 is 9.64 Å². The highest BCUT2D eigenvalue weighted by Crippen LogP contribution is 2.34. The summed E-state index contributed by atoms with van der Waals surface area (Å²) < 4.78 is 47.1. The summed E-state index contributed by atoms with van der Waals surface area (Å²) in [5.74, 6) is -6.09. The average Bonchev–Trinajstić information content (AvgIpc) is 2.98. The molecule has 3 amide bonds. The van der Waals surface area contributed by atoms with E-state index in [2.05, 4.69) is 9.72 Å². The van der Waals surface area contributed by atoms with Crippen molar-refractivity contribution in [2.75, 3.05) is 18.6 Å². The van der Waals surface area contributed by atoms with E-state index in [1.54, 1.807) is 12.3 Å². The molecule has 6 nitrogen and oxygen atoms in total. The molecule has 1 saturated heterocycles. The van der Waals surface area contributed by atoms with E-state index in [0.717, 1.165) is 29.1 Å². The quantitative estimate of drug-likeness (QED) is 0.478. The number of ether oxygens (including phenoxy) is 1. The van der Waals surface area contributed by atoms with E-state index in [0.29, 0.717) is 11.0 Å². The van der Waals surface area contributed by atoms with E-state index in [1.807, 2.05) is 25.1 Å². The number of methoxy groups -OCH3 is 1. The molecule has 0 spiro atoms. The maximum atomic E-state index is 14.4. The van der Waals surface area contributed by atoms with Gasteiger partial charge in [-0.1, -0.05) is 12.1 Å². The third kappa shape index (κ3) is 3.02. The molecule has 1 aliphatic rings. The van der Waals surface area contributed by atoms with Crippen molar-refractivity contribution in [1.29, 1.82) is 0 Å². The summed E-state index contributed by atoms with van der Waals surface area (Å²) in [5.41, 5.74) is 1.62. The Hall–Kier alpha value is -3.62. The molecule has 3 aromatic rings. The van der Waals surface area contributed by atoms with Crippen molar-refractivity contribution in [3.05, 3.63) is 65.1 Å². The van der Waals surface area contributed by atoms with Gasteiger partial charge in [0.2, 0.25) is 5.82 Å². The molecule has 1 aliphatic heterocycles. The lowest BCUT2D eigenvalue weighted by Crippen LogP contribution is -2.33. The number of urea groups is 1. The van der Waals surface area contributed by atoms with Gasteiger partial charge in [-0.2, -0.15) is 4.39 Å². The van der Waals surface area contributed by atoms with Gasteiger partial charge in [0.05, 0.1) is 18.3 Å². The van der Waals surface area contributed by atoms with Crippen molar-refractivity contribution in [2.24, 2.45) is 0 Å². The Bertz CT molecular complexity index is 1190. The van der Waals surface area contributed by atoms with Crippen LogP contribution in [0.2, 0.25) is 0 Å². The Morgan fingerprint density at radius 1 is 1.13 bits per heavy atom. The second-order valence-corrected chi connectivity index (χ2v) is 6.85. The van der Waals surface area contributed by atoms with Crippen molar-refractivity contribution in [1.82, 2.24) is 9.88 Å². The highest BCUT2D eigenvalue weighted by molar-refractivity contribution is 6.19. The summed E-state index contributed by atoms with van der Waals surface area (Å²) in [6, 6.07) is 7.01. The Kier molecular flexibility index (Phi) is 4.81. The number of carbonyl (C=O) groups excluding carboxylic acids is 2. The number of hydrogen-bond acceptors (Lipinski definition) is 4. The first-order valence-corrected chi connectivity index (χ1v) is 9.00. The Morgan fingerprint density at radius 3 is 2.63 bits per heavy atom. The molecule has 0 unspecified atom stereocenters. The van der Waals surface area contributed by atoms with Gasteiger partial charge in [0.1, 0.15) is 6.54 Å². The lowest BCUT2D eigenvalue weighted by atomic mass is 10.0. The predicted octanol–water partition coefficient (Wildman–Crippen LogP) is 3.94. The first-order chi connectivity index (χ1) is 14.3. The number of amides is 3. The fraction of sp³-hybridized carbons (Fsp3) is 0.190. The molecule has 0 bridgehead atoms. The molecule has 2 aromatic carbocycles. The molecule has 0 atom stereocenters. The molecule has 1 aromatic heterocycles. The molecule has 1 fully saturated rings. The molecular weight excluding hydrogens is 399 g/mol. The average molecular weight is 415 g/mol. The number of nitrogens with zero attached hydrogens (tertiary/aromatic N) is 3. The van der Waals surface area contributed by atoms with Crippen LogP contribution in [-0.4, -0.2) is 35.5 Å². The number of anilines is 1. The fourth-order valence-corrected chi connectivity index (χ4v) is 3.63. The zero-order chi connectivity index (χ0) is 21.6. The predicted molar refractivity (Wildman–Crippen MR) is 103 cm³/mol. The number of aryl methyl sites for hydroxylation is 1. The number of halogens is 3. The SMILES string of the molecule is COc1c(F)cc(N2C(=O)CN(Cc3ccnc4cccc(C)c34)C2=O)c(F)c1F. The second kappa shape index (κ2) is 7.33. The Balaban J connectivity index is 1.70. The first-order valence-electron chi connectivity index (χ1n) is 9.00. The summed E-state index contributed by atoms with van der Waals surface area (Å²) in [7, 11) is 0.982. The van der Waals surface area contributed by atoms with Gasteiger partial charge >= 0.3 is 6.03 Å². The van der Waals surface area contributed by atoms with Gasteiger partial charge in [-0.05, 0) is 30.2 Å². The smallest absolute Gasteiger partial charge is 0.332 e. The van der Waals surface area contributed by atoms with Crippen LogP contribution >= 0.6 is 0 Å². The number of aromatic nitrogens is 1. The molecule has 154 valence electrons. The number of pyridine rings is 1. The highest BCUT2D eigenvalue weighted by Gasteiger charge is 2.40. The van der Waals surface area contributed by atoms with Crippen LogP contribution in [0.4, 0.5) is 23.7 Å². The van der Waals surface area contributed by atoms with Crippen LogP contribution in [0.3, 0.4) is 0 Å². The maximum absolute atomic E-state index is 14.4. The molecular formula is C21H16F3N3O3. The standard InChI is InChI=1S/C21H16F3N3O3/c1-11-4-3-5-14-17(11)12(6-7-25-14)9-26-10-16(28)27(21(26)29)15-8-13(22)20(30-2)19(24)18(15)23/h3-8H,9-10H2,1-2H3. The van der Waals surface area contributed by atoms with Crippen LogP contribution in [0.25, 0.3) is 10.9 Å². The molecule has 4 rings (SSSR count). The van der Waals surface area contributed by atoms with E-state index < -0.39 is 40.8 Å². The third-order valence-electron chi connectivity index (χ3n) is 5.00. The summed E-state index contributed by atoms with van der Waals surface area (Å²) in [6.45, 7) is 1.59. The largest absolute Gasteiger partial charge is 0.491 e. The van der Waals surface area contributed by atoms with E-state index in [4.69, 9.17) is 0 Å². The number of fused-ring (bicyclic) bond motifs is 1. The first kappa shape index (κ1) is 19.7. The normalized spacial score (nSPS) is 14.2. The van der Waals surface area contributed by atoms with Crippen LogP contribution < -0.4 is 9.64 Å². The van der Waals surface area contributed by atoms with Crippen LogP contribution in [-0.2, 0) is 11.3 Å². The number of benzene rings is 2. The van der Waals surface area contributed by atoms with Gasteiger partial charge in [-0.3, -0.25) is 9.78 Å². The minimum atomic E-state index is -1.61. The fourth-order valence-electron chi connectivity index (χ4n) is 3.63. The number of hydrogen-bond donors (Lipinski definition) is 0. The van der Waals surface area contributed by atoms with Gasteiger partial charge in [0.25, 0.3) is 5.91 Å². The molecule has 2 heterocycles. The minimum Gasteiger partial charge on any atom is -0.491 e. The molecule has 0 saturated carbocycles. The van der Waals surface area contributed by atoms with Crippen molar-refractivity contribution in [2.45, 2.75) is 13.5 Å². The van der Waals surface area contributed by atoms with Crippen LogP contribution in [0, 0.1) is 24.4 Å². The van der Waals surface area contributed by atoms with Crippen molar-refractivity contribution in [3.8, 4) is 5.75 Å². The Labute approximate surface area is 169 Å². The number of carbonyl (C=O) groups is 2. The summed E-state index contributed by atoms with van der Waals surface area (Å²) >= 11 is 0. The molecule has 9 heteroatoms. The number of imide groups is 1. The monoisotopic (exact) mass is 415 g/mol. The zero-order valence-electron chi connectivity index (χ0n) is 16.1. The minimum absolute atomic E-state index is 0.0493. The second-order valence-electron chi connectivity index (χ2n) is 6.85. The van der Waals surface area contributed by atoms with Crippen LogP contribution in [0.5, 0.6) is 5.75 Å². The lowest BCUT2D eigenvalue weighted by molar-refractivity contribution is -0.116. The van der Waals surface area contributed by atoms with Crippen molar-refractivity contribution in [3.63, 3.8) is 0 Å². The zero-order valence-corrected chi connectivity index (χ0v) is 16.1. The molecule has 0 radical (unpaired) electrons. The highest BCUT2D eigenvalue weighted by atomic mass is 19.2. The maximum Gasteiger partial charge on any atom is 0.332 e. The van der Waals surface area contributed by atoms with Gasteiger partial charge in [-0.15, -0.1) is 0 Å². The molecule has 0 N–H and O–H groups in total. The summed E-state index contributed by atoms with van der Waals surface area (Å²) in [5, 5.41) is 0.839. The number of rotatable bonds is 4. The van der Waals surface area contributed by atoms with Crippen molar-refractivity contribution >= 4 is 28.5 Å². The van der Waals surface area contributed by atoms with E-state index >= 15 is 0 Å². The molecule has 0 aliphatic carbocycles. The van der Waals surface area contributed by atoms with Gasteiger partial charge in [0, 0.05) is 24.2 Å². The third-order valence-corrected chi connectivity index (χ3v) is 5.00. The Morgan fingerprint density at radius 2 is 1.90 bits per heavy atom. The van der Waals surface area contributed by atoms with Crippen molar-refractivity contribution < 1.29 is 27.5 Å². The molecule has 30 heavy (non-hydrogen) atoms. The van der Waals surface area contributed by atoms with E-state index in [9.17, 15) is 22.8 Å². The van der Waals surface area contributed by atoms with Crippen LogP contribution in [0.1, 0.15) is 11.1 Å². The van der Waals surface area contributed by atoms with Gasteiger partial charge in [0.15, 0.2) is 17.4 Å². The van der Waals surface area contributed by atoms with E-state index in [-0.39, 0.29) is 13.1 Å². The lowest BCUT2D eigenvalue weighted by Gasteiger charge is -2.19. The summed E-state index contributed by atoms with van der Waals surface area (Å²) in [6.07, 6.45) is 1.59. The summed E-state index contributed by atoms with van der Waals surface area (Å²) in [4.78, 5) is 31.2.